The quantitative estimate of drug-likeness (QED) is 0.450. The molecule has 0 unspecified atom stereocenters. The number of likely N-dealkylation sites (tertiary alicyclic amines) is 1. The van der Waals surface area contributed by atoms with E-state index in [1.165, 1.54) is 23.3 Å². The van der Waals surface area contributed by atoms with Crippen molar-refractivity contribution in [2.45, 2.75) is 25.3 Å². The zero-order valence-electron chi connectivity index (χ0n) is 15.6. The summed E-state index contributed by atoms with van der Waals surface area (Å²) >= 11 is 1.89. The molecule has 3 heterocycles. The summed E-state index contributed by atoms with van der Waals surface area (Å²) < 4.78 is 0. The van der Waals surface area contributed by atoms with Crippen molar-refractivity contribution in [3.63, 3.8) is 0 Å². The normalized spacial score (nSPS) is 15.7. The fourth-order valence-corrected chi connectivity index (χ4v) is 5.18. The molecular weight excluding hydrogens is 388 g/mol. The Kier molecular flexibility index (Phi) is 5.54. The number of aromatic nitrogens is 1. The third-order valence-electron chi connectivity index (χ3n) is 5.73. The number of aromatic amines is 1. The number of hydrogen-bond donors (Lipinski definition) is 1. The number of halogens is 1. The van der Waals surface area contributed by atoms with Crippen LogP contribution in [0.4, 0.5) is 0 Å². The van der Waals surface area contributed by atoms with Crippen LogP contribution in [0.3, 0.4) is 0 Å². The van der Waals surface area contributed by atoms with E-state index >= 15 is 0 Å². The van der Waals surface area contributed by atoms with Crippen molar-refractivity contribution >= 4 is 45.4 Å². The number of fused-ring (bicyclic) bond motifs is 3. The van der Waals surface area contributed by atoms with E-state index in [2.05, 4.69) is 45.6 Å². The molecule has 4 aromatic rings. The van der Waals surface area contributed by atoms with Gasteiger partial charge in [-0.25, -0.2) is 0 Å². The Labute approximate surface area is 174 Å². The average Bonchev–Trinajstić information content (AvgIpc) is 3.24. The highest BCUT2D eigenvalue weighted by Gasteiger charge is 2.21. The molecule has 3 nitrogen and oxygen atoms in total. The molecule has 0 spiro atoms. The zero-order chi connectivity index (χ0) is 18.2. The molecule has 1 aliphatic rings. The van der Waals surface area contributed by atoms with Crippen LogP contribution in [0.5, 0.6) is 0 Å². The van der Waals surface area contributed by atoms with E-state index in [4.69, 9.17) is 0 Å². The molecule has 0 aliphatic carbocycles. The minimum atomic E-state index is -0.0125. The number of thiophene rings is 1. The van der Waals surface area contributed by atoms with Crippen molar-refractivity contribution in [2.75, 3.05) is 13.1 Å². The Morgan fingerprint density at radius 3 is 2.50 bits per heavy atom. The van der Waals surface area contributed by atoms with Gasteiger partial charge in [0.15, 0.2) is 0 Å². The van der Waals surface area contributed by atoms with E-state index in [-0.39, 0.29) is 18.0 Å². The van der Waals surface area contributed by atoms with Gasteiger partial charge >= 0.3 is 0 Å². The Hall–Kier alpha value is -2.14. The van der Waals surface area contributed by atoms with Gasteiger partial charge in [-0.05, 0) is 72.4 Å². The molecule has 0 amide bonds. The van der Waals surface area contributed by atoms with E-state index in [1.807, 2.05) is 35.6 Å². The summed E-state index contributed by atoms with van der Waals surface area (Å²) in [5, 5.41) is 5.12. The lowest BCUT2D eigenvalue weighted by atomic mass is 9.95. The van der Waals surface area contributed by atoms with Crippen LogP contribution < -0.4 is 5.56 Å². The van der Waals surface area contributed by atoms with E-state index in [1.54, 1.807) is 0 Å². The fourth-order valence-electron chi connectivity index (χ4n) is 4.28. The van der Waals surface area contributed by atoms with Gasteiger partial charge in [0.05, 0.1) is 0 Å². The highest BCUT2D eigenvalue weighted by Crippen LogP contribution is 2.31. The van der Waals surface area contributed by atoms with Crippen LogP contribution in [0.15, 0.2) is 64.8 Å². The Morgan fingerprint density at radius 2 is 1.75 bits per heavy atom. The van der Waals surface area contributed by atoms with Gasteiger partial charge in [0.1, 0.15) is 0 Å². The summed E-state index contributed by atoms with van der Waals surface area (Å²) in [5.41, 5.74) is 2.22. The standard InChI is InChI=1S/C23H22N2OS.ClH/c26-23-19-5-2-1-4-18(19)20-14-16(7-8-21(20)24-23)15-25-11-9-17(10-12-25)22-6-3-13-27-22;/h1-8,13-14,17H,9-12,15H2,(H,24,26);1H. The number of rotatable bonds is 3. The first-order valence-corrected chi connectivity index (χ1v) is 10.5. The van der Waals surface area contributed by atoms with Gasteiger partial charge in [-0.3, -0.25) is 9.69 Å². The molecule has 5 heteroatoms. The number of nitrogens with zero attached hydrogens (tertiary/aromatic N) is 1. The van der Waals surface area contributed by atoms with Crippen molar-refractivity contribution in [3.05, 3.63) is 80.8 Å². The molecule has 28 heavy (non-hydrogen) atoms. The lowest BCUT2D eigenvalue weighted by molar-refractivity contribution is 0.206. The molecule has 1 fully saturated rings. The predicted octanol–water partition coefficient (Wildman–Crippen LogP) is 5.54. The summed E-state index contributed by atoms with van der Waals surface area (Å²) in [6.45, 7) is 3.26. The maximum absolute atomic E-state index is 12.3. The van der Waals surface area contributed by atoms with Crippen LogP contribution in [0.25, 0.3) is 21.7 Å². The number of benzene rings is 2. The molecule has 0 bridgehead atoms. The first-order chi connectivity index (χ1) is 13.3. The molecule has 0 atom stereocenters. The lowest BCUT2D eigenvalue weighted by Gasteiger charge is -2.31. The molecule has 1 N–H and O–H groups in total. The molecular formula is C23H23ClN2OS. The first-order valence-electron chi connectivity index (χ1n) is 9.57. The van der Waals surface area contributed by atoms with E-state index in [0.717, 1.165) is 47.2 Å². The van der Waals surface area contributed by atoms with Gasteiger partial charge < -0.3 is 4.98 Å². The Morgan fingerprint density at radius 1 is 0.964 bits per heavy atom. The van der Waals surface area contributed by atoms with Crippen LogP contribution in [0.2, 0.25) is 0 Å². The summed E-state index contributed by atoms with van der Waals surface area (Å²) in [4.78, 5) is 19.4. The van der Waals surface area contributed by atoms with Gasteiger partial charge in [-0.1, -0.05) is 30.3 Å². The van der Waals surface area contributed by atoms with Gasteiger partial charge in [0.2, 0.25) is 0 Å². The second kappa shape index (κ2) is 8.08. The number of H-pyrrole nitrogens is 1. The van der Waals surface area contributed by atoms with Crippen LogP contribution >= 0.6 is 23.7 Å². The van der Waals surface area contributed by atoms with Crippen molar-refractivity contribution in [1.29, 1.82) is 0 Å². The third kappa shape index (κ3) is 3.60. The van der Waals surface area contributed by atoms with Crippen LogP contribution in [0, 0.1) is 0 Å². The summed E-state index contributed by atoms with van der Waals surface area (Å²) in [6, 6.07) is 18.8. The molecule has 1 saturated heterocycles. The number of piperidine rings is 1. The van der Waals surface area contributed by atoms with Crippen molar-refractivity contribution < 1.29 is 0 Å². The second-order valence-corrected chi connectivity index (χ2v) is 8.42. The molecule has 144 valence electrons. The second-order valence-electron chi connectivity index (χ2n) is 7.45. The van der Waals surface area contributed by atoms with Crippen molar-refractivity contribution in [2.24, 2.45) is 0 Å². The average molecular weight is 411 g/mol. The molecule has 2 aromatic carbocycles. The van der Waals surface area contributed by atoms with Gasteiger partial charge in [-0.15, -0.1) is 23.7 Å². The molecule has 0 radical (unpaired) electrons. The first kappa shape index (κ1) is 19.2. The maximum Gasteiger partial charge on any atom is 0.256 e. The summed E-state index contributed by atoms with van der Waals surface area (Å²) in [7, 11) is 0. The molecule has 5 rings (SSSR count). The third-order valence-corrected chi connectivity index (χ3v) is 6.77. The highest BCUT2D eigenvalue weighted by molar-refractivity contribution is 7.10. The molecule has 1 aliphatic heterocycles. The minimum Gasteiger partial charge on any atom is -0.321 e. The molecule has 2 aromatic heterocycles. The van der Waals surface area contributed by atoms with Gasteiger partial charge in [-0.2, -0.15) is 0 Å². The zero-order valence-corrected chi connectivity index (χ0v) is 17.2. The Balaban J connectivity index is 0.00000192. The van der Waals surface area contributed by atoms with E-state index < -0.39 is 0 Å². The fraction of sp³-hybridized carbons (Fsp3) is 0.261. The van der Waals surface area contributed by atoms with E-state index in [9.17, 15) is 4.79 Å². The molecule has 0 saturated carbocycles. The monoisotopic (exact) mass is 410 g/mol. The van der Waals surface area contributed by atoms with Gasteiger partial charge in [0.25, 0.3) is 5.56 Å². The number of nitrogens with one attached hydrogen (secondary N) is 1. The largest absolute Gasteiger partial charge is 0.321 e. The van der Waals surface area contributed by atoms with Crippen molar-refractivity contribution in [3.8, 4) is 0 Å². The lowest BCUT2D eigenvalue weighted by Crippen LogP contribution is -2.32. The minimum absolute atomic E-state index is 0. The summed E-state index contributed by atoms with van der Waals surface area (Å²) in [6.07, 6.45) is 2.48. The van der Waals surface area contributed by atoms with E-state index in [0.29, 0.717) is 0 Å². The topological polar surface area (TPSA) is 36.1 Å². The number of pyridine rings is 1. The van der Waals surface area contributed by atoms with Crippen LogP contribution in [-0.4, -0.2) is 23.0 Å². The predicted molar refractivity (Wildman–Crippen MR) is 121 cm³/mol. The smallest absolute Gasteiger partial charge is 0.256 e. The van der Waals surface area contributed by atoms with Crippen LogP contribution in [0.1, 0.15) is 29.2 Å². The highest BCUT2D eigenvalue weighted by atomic mass is 35.5. The van der Waals surface area contributed by atoms with Crippen LogP contribution in [-0.2, 0) is 6.54 Å². The SMILES string of the molecule is Cl.O=c1[nH]c2ccc(CN3CCC(c4cccs4)CC3)cc2c2ccccc12. The maximum atomic E-state index is 12.3. The van der Waals surface area contributed by atoms with Gasteiger partial charge in [0, 0.05) is 27.7 Å². The number of hydrogen-bond acceptors (Lipinski definition) is 3. The Bertz CT molecular complexity index is 1140. The van der Waals surface area contributed by atoms with Crippen molar-refractivity contribution in [1.82, 2.24) is 9.88 Å². The summed E-state index contributed by atoms with van der Waals surface area (Å²) in [5.74, 6) is 0.729.